The zero-order chi connectivity index (χ0) is 23.4. The summed E-state index contributed by atoms with van der Waals surface area (Å²) in [5, 5.41) is 3.94. The Morgan fingerprint density at radius 1 is 1.12 bits per heavy atom. The van der Waals surface area contributed by atoms with Crippen molar-refractivity contribution in [2.24, 2.45) is 0 Å². The van der Waals surface area contributed by atoms with Gasteiger partial charge in [0.15, 0.2) is 17.3 Å². The molecule has 1 aromatic carbocycles. The number of piperazine rings is 1. The molecule has 0 unspecified atom stereocenters. The Bertz CT molecular complexity index is 1070. The molecule has 1 atom stereocenters. The molecule has 1 N–H and O–H groups in total. The minimum atomic E-state index is -0.250. The molecular formula is C25H31N3O4S. The fraction of sp³-hybridized carbons (Fsp3) is 0.400. The van der Waals surface area contributed by atoms with Gasteiger partial charge in [-0.2, -0.15) is 0 Å². The Kier molecular flexibility index (Phi) is 7.37. The van der Waals surface area contributed by atoms with E-state index in [1.54, 1.807) is 37.7 Å². The summed E-state index contributed by atoms with van der Waals surface area (Å²) in [5.74, 6) is 1.46. The van der Waals surface area contributed by atoms with E-state index in [0.29, 0.717) is 11.5 Å². The lowest BCUT2D eigenvalue weighted by Gasteiger charge is -2.39. The number of rotatable bonds is 8. The van der Waals surface area contributed by atoms with Crippen LogP contribution in [-0.4, -0.2) is 63.2 Å². The van der Waals surface area contributed by atoms with E-state index in [-0.39, 0.29) is 11.9 Å². The average molecular weight is 470 g/mol. The molecule has 1 aliphatic rings. The summed E-state index contributed by atoms with van der Waals surface area (Å²) >= 11 is 1.61. The van der Waals surface area contributed by atoms with Gasteiger partial charge in [0.2, 0.25) is 0 Å². The van der Waals surface area contributed by atoms with Crippen LogP contribution in [-0.2, 0) is 6.42 Å². The van der Waals surface area contributed by atoms with Gasteiger partial charge in [0.1, 0.15) is 5.00 Å². The summed E-state index contributed by atoms with van der Waals surface area (Å²) < 4.78 is 16.8. The molecule has 0 saturated carbocycles. The van der Waals surface area contributed by atoms with Gasteiger partial charge < -0.3 is 24.1 Å². The Hall–Kier alpha value is -2.81. The third-order valence-electron chi connectivity index (χ3n) is 6.06. The Morgan fingerprint density at radius 3 is 2.55 bits per heavy atom. The van der Waals surface area contributed by atoms with Crippen molar-refractivity contribution >= 4 is 22.2 Å². The van der Waals surface area contributed by atoms with Crippen LogP contribution in [0.3, 0.4) is 0 Å². The number of anilines is 1. The number of ether oxygens (including phenoxy) is 2. The molecular weight excluding hydrogens is 438 g/mol. The number of furan rings is 1. The number of likely N-dealkylation sites (N-methyl/N-ethyl adjacent to an activating group) is 1. The fourth-order valence-corrected chi connectivity index (χ4v) is 5.30. The first-order valence-corrected chi connectivity index (χ1v) is 12.0. The summed E-state index contributed by atoms with van der Waals surface area (Å²) in [6, 6.07) is 11.5. The summed E-state index contributed by atoms with van der Waals surface area (Å²) in [6.45, 7) is 5.89. The first-order valence-electron chi connectivity index (χ1n) is 11.2. The van der Waals surface area contributed by atoms with Crippen molar-refractivity contribution in [3.05, 3.63) is 64.4 Å². The summed E-state index contributed by atoms with van der Waals surface area (Å²) in [7, 11) is 5.47. The number of para-hydroxylation sites is 1. The van der Waals surface area contributed by atoms with Crippen molar-refractivity contribution in [3.8, 4) is 11.5 Å². The number of benzene rings is 1. The summed E-state index contributed by atoms with van der Waals surface area (Å²) in [6.07, 6.45) is 2.40. The molecule has 4 rings (SSSR count). The molecule has 176 valence electrons. The van der Waals surface area contributed by atoms with Gasteiger partial charge in [-0.15, -0.1) is 11.3 Å². The maximum absolute atomic E-state index is 12.9. The zero-order valence-electron chi connectivity index (χ0n) is 19.6. The van der Waals surface area contributed by atoms with Gasteiger partial charge >= 0.3 is 0 Å². The highest BCUT2D eigenvalue weighted by Crippen LogP contribution is 2.45. The number of aryl methyl sites for hydroxylation is 1. The quantitative estimate of drug-likeness (QED) is 0.524. The molecule has 0 spiro atoms. The number of methoxy groups -OCH3 is 2. The van der Waals surface area contributed by atoms with Crippen molar-refractivity contribution in [3.63, 3.8) is 0 Å². The molecule has 1 fully saturated rings. The van der Waals surface area contributed by atoms with Gasteiger partial charge in [-0.25, -0.2) is 0 Å². The number of amides is 1. The number of nitrogens with zero attached hydrogens (tertiary/aromatic N) is 2. The molecule has 33 heavy (non-hydrogen) atoms. The van der Waals surface area contributed by atoms with Crippen LogP contribution in [0.2, 0.25) is 0 Å². The van der Waals surface area contributed by atoms with E-state index in [1.807, 2.05) is 12.1 Å². The lowest BCUT2D eigenvalue weighted by molar-refractivity contribution is 0.0996. The Balaban J connectivity index is 1.81. The van der Waals surface area contributed by atoms with Crippen LogP contribution in [0.4, 0.5) is 5.00 Å². The van der Waals surface area contributed by atoms with Crippen molar-refractivity contribution < 1.29 is 18.7 Å². The highest BCUT2D eigenvalue weighted by molar-refractivity contribution is 7.16. The van der Waals surface area contributed by atoms with Gasteiger partial charge in [0.05, 0.1) is 26.5 Å². The lowest BCUT2D eigenvalue weighted by atomic mass is 9.96. The van der Waals surface area contributed by atoms with Crippen LogP contribution in [0.25, 0.3) is 0 Å². The number of nitrogens with one attached hydrogen (secondary N) is 1. The molecule has 0 bridgehead atoms. The number of carbonyl (C=O) groups excluding carboxylic acids is 1. The van der Waals surface area contributed by atoms with E-state index in [9.17, 15) is 4.79 Å². The van der Waals surface area contributed by atoms with Crippen molar-refractivity contribution in [1.82, 2.24) is 9.80 Å². The van der Waals surface area contributed by atoms with E-state index < -0.39 is 0 Å². The minimum Gasteiger partial charge on any atom is -0.493 e. The van der Waals surface area contributed by atoms with Crippen molar-refractivity contribution in [2.45, 2.75) is 19.4 Å². The number of hydrogen-bond donors (Lipinski definition) is 1. The van der Waals surface area contributed by atoms with Crippen LogP contribution in [0.15, 0.2) is 47.1 Å². The molecule has 8 heteroatoms. The first kappa shape index (κ1) is 23.4. The van der Waals surface area contributed by atoms with Crippen LogP contribution >= 0.6 is 11.3 Å². The first-order chi connectivity index (χ1) is 16.0. The van der Waals surface area contributed by atoms with E-state index in [4.69, 9.17) is 13.9 Å². The Labute approximate surface area is 198 Å². The highest BCUT2D eigenvalue weighted by atomic mass is 32.1. The lowest BCUT2D eigenvalue weighted by Crippen LogP contribution is -2.46. The van der Waals surface area contributed by atoms with Gasteiger partial charge in [-0.05, 0) is 37.7 Å². The van der Waals surface area contributed by atoms with Crippen LogP contribution < -0.4 is 14.8 Å². The molecule has 3 heterocycles. The van der Waals surface area contributed by atoms with Crippen molar-refractivity contribution in [1.29, 1.82) is 0 Å². The summed E-state index contributed by atoms with van der Waals surface area (Å²) in [4.78, 5) is 18.9. The molecule has 1 aliphatic heterocycles. The predicted octanol–water partition coefficient (Wildman–Crippen LogP) is 4.51. The molecule has 3 aromatic rings. The second-order valence-electron chi connectivity index (χ2n) is 8.11. The molecule has 1 amide bonds. The smallest absolute Gasteiger partial charge is 0.291 e. The van der Waals surface area contributed by atoms with E-state index in [1.165, 1.54) is 11.1 Å². The van der Waals surface area contributed by atoms with Crippen LogP contribution in [0, 0.1) is 0 Å². The number of thiophene rings is 1. The molecule has 7 nitrogen and oxygen atoms in total. The van der Waals surface area contributed by atoms with E-state index in [2.05, 4.69) is 41.2 Å². The van der Waals surface area contributed by atoms with Crippen LogP contribution in [0.5, 0.6) is 11.5 Å². The molecule has 0 radical (unpaired) electrons. The van der Waals surface area contributed by atoms with Gasteiger partial charge in [-0.3, -0.25) is 9.69 Å². The SMILES string of the molecule is CCc1cc([C@H](c2cccc(OC)c2OC)N2CCN(C)CC2)c(NC(=O)c2ccco2)s1. The monoisotopic (exact) mass is 469 g/mol. The summed E-state index contributed by atoms with van der Waals surface area (Å²) in [5.41, 5.74) is 2.09. The van der Waals surface area contributed by atoms with Crippen LogP contribution in [0.1, 0.15) is 39.5 Å². The largest absolute Gasteiger partial charge is 0.493 e. The zero-order valence-corrected chi connectivity index (χ0v) is 20.4. The topological polar surface area (TPSA) is 67.2 Å². The highest BCUT2D eigenvalue weighted by Gasteiger charge is 2.32. The van der Waals surface area contributed by atoms with Gasteiger partial charge in [0, 0.05) is 42.2 Å². The number of carbonyl (C=O) groups is 1. The molecule has 0 aliphatic carbocycles. The third-order valence-corrected chi connectivity index (χ3v) is 7.27. The second-order valence-corrected chi connectivity index (χ2v) is 9.24. The molecule has 2 aromatic heterocycles. The maximum Gasteiger partial charge on any atom is 0.291 e. The number of hydrogen-bond acceptors (Lipinski definition) is 7. The van der Waals surface area contributed by atoms with Gasteiger partial charge in [0.25, 0.3) is 5.91 Å². The Morgan fingerprint density at radius 2 is 1.91 bits per heavy atom. The van der Waals surface area contributed by atoms with E-state index >= 15 is 0 Å². The normalized spacial score (nSPS) is 15.9. The van der Waals surface area contributed by atoms with E-state index in [0.717, 1.165) is 54.5 Å². The third kappa shape index (κ3) is 4.93. The fourth-order valence-electron chi connectivity index (χ4n) is 4.27. The average Bonchev–Trinajstić information content (AvgIpc) is 3.51. The maximum atomic E-state index is 12.9. The van der Waals surface area contributed by atoms with Gasteiger partial charge in [-0.1, -0.05) is 19.1 Å². The van der Waals surface area contributed by atoms with Crippen molar-refractivity contribution in [2.75, 3.05) is 52.8 Å². The second kappa shape index (κ2) is 10.4. The molecule has 1 saturated heterocycles. The predicted molar refractivity (Wildman–Crippen MR) is 131 cm³/mol. The minimum absolute atomic E-state index is 0.0906. The standard InChI is InChI=1S/C25H31N3O4S/c1-5-17-16-19(25(33-17)26-24(29)21-10-7-15-32-21)22(28-13-11-27(2)12-14-28)18-8-6-9-20(30-3)23(18)31-4/h6-10,15-16,22H,5,11-14H2,1-4H3,(H,26,29)/t22-/m0/s1.